The highest BCUT2D eigenvalue weighted by molar-refractivity contribution is 5.90. The molecule has 1 aromatic heterocycles. The zero-order valence-corrected chi connectivity index (χ0v) is 15.2. The third-order valence-electron chi connectivity index (χ3n) is 4.12. The Kier molecular flexibility index (Phi) is 6.83. The molecular formula is C18H20NO9+. The highest BCUT2D eigenvalue weighted by Gasteiger charge is 2.50. The third-order valence-corrected chi connectivity index (χ3v) is 4.12. The van der Waals surface area contributed by atoms with Gasteiger partial charge in [0.25, 0.3) is 0 Å². The molecule has 2 rings (SSSR count). The average Bonchev–Trinajstić information content (AvgIpc) is 2.93. The average molecular weight is 394 g/mol. The second-order valence-electron chi connectivity index (χ2n) is 6.14. The lowest BCUT2D eigenvalue weighted by Crippen LogP contribution is -2.46. The molecule has 1 fully saturated rings. The van der Waals surface area contributed by atoms with Crippen molar-refractivity contribution in [3.8, 4) is 0 Å². The number of hydrogen-bond acceptors (Lipinski definition) is 7. The van der Waals surface area contributed by atoms with Crippen LogP contribution in [0.3, 0.4) is 0 Å². The zero-order chi connectivity index (χ0) is 20.8. The lowest BCUT2D eigenvalue weighted by Gasteiger charge is -2.17. The fourth-order valence-corrected chi connectivity index (χ4v) is 2.77. The lowest BCUT2D eigenvalue weighted by molar-refractivity contribution is -0.765. The van der Waals surface area contributed by atoms with Crippen molar-refractivity contribution in [2.75, 3.05) is 6.61 Å². The number of hydrogen-bond donors (Lipinski definition) is 2. The molecule has 0 bridgehead atoms. The van der Waals surface area contributed by atoms with E-state index in [9.17, 15) is 19.2 Å². The maximum Gasteiger partial charge on any atom is 0.341 e. The molecule has 2 heterocycles. The standard InChI is InChI=1S/C18H19NO9/c1-10-13(9-26-15(23)6-5-14(21)22)28-17(16(10)27-11(2)20)19-7-3-4-12(8-19)18(24)25/h3-8,10,13,16-17H,9H2,1-2H3,(H-,21,22,24,25)/p+1/b6-5+/t10-,13-,16-,17-/m1/s1. The summed E-state index contributed by atoms with van der Waals surface area (Å²) in [5.74, 6) is -4.19. The molecule has 2 N–H and O–H groups in total. The summed E-state index contributed by atoms with van der Waals surface area (Å²) in [4.78, 5) is 44.7. The van der Waals surface area contributed by atoms with Gasteiger partial charge in [-0.3, -0.25) is 4.79 Å². The number of nitrogens with zero attached hydrogens (tertiary/aromatic N) is 1. The van der Waals surface area contributed by atoms with Gasteiger partial charge in [-0.15, -0.1) is 0 Å². The molecule has 1 aliphatic rings. The number of aromatic carboxylic acids is 1. The maximum atomic E-state index is 11.6. The molecule has 4 atom stereocenters. The van der Waals surface area contributed by atoms with Crippen molar-refractivity contribution in [2.45, 2.75) is 32.3 Å². The van der Waals surface area contributed by atoms with E-state index >= 15 is 0 Å². The van der Waals surface area contributed by atoms with E-state index in [0.29, 0.717) is 6.08 Å². The van der Waals surface area contributed by atoms with E-state index in [2.05, 4.69) is 0 Å². The number of aliphatic carboxylic acids is 1. The Morgan fingerprint density at radius 3 is 2.57 bits per heavy atom. The Hall–Kier alpha value is -3.27. The molecule has 28 heavy (non-hydrogen) atoms. The van der Waals surface area contributed by atoms with Crippen LogP contribution in [0.15, 0.2) is 36.7 Å². The molecule has 1 aliphatic heterocycles. The SMILES string of the molecule is CC(=O)O[C@@H]1[C@H](C)[C@@H](COC(=O)/C=C/C(=O)O)O[C@H]1[n+]1cccc(C(=O)O)c1. The van der Waals surface area contributed by atoms with E-state index < -0.39 is 42.3 Å². The van der Waals surface area contributed by atoms with Crippen molar-refractivity contribution in [2.24, 2.45) is 5.92 Å². The van der Waals surface area contributed by atoms with Gasteiger partial charge in [0.05, 0.1) is 0 Å². The van der Waals surface area contributed by atoms with Gasteiger partial charge in [-0.05, 0) is 6.07 Å². The summed E-state index contributed by atoms with van der Waals surface area (Å²) in [6, 6.07) is 2.93. The predicted octanol–water partition coefficient (Wildman–Crippen LogP) is 0.322. The van der Waals surface area contributed by atoms with Gasteiger partial charge in [-0.2, -0.15) is 4.57 Å². The van der Waals surface area contributed by atoms with Crippen LogP contribution >= 0.6 is 0 Å². The minimum absolute atomic E-state index is 0.0222. The molecule has 0 aliphatic carbocycles. The Morgan fingerprint density at radius 2 is 1.96 bits per heavy atom. The van der Waals surface area contributed by atoms with Gasteiger partial charge in [0.15, 0.2) is 18.5 Å². The largest absolute Gasteiger partial charge is 0.478 e. The first-order valence-corrected chi connectivity index (χ1v) is 8.33. The lowest BCUT2D eigenvalue weighted by atomic mass is 10.0. The van der Waals surface area contributed by atoms with Crippen molar-refractivity contribution in [3.63, 3.8) is 0 Å². The molecule has 1 aromatic rings. The van der Waals surface area contributed by atoms with Crippen LogP contribution in [0.2, 0.25) is 0 Å². The number of ether oxygens (including phenoxy) is 3. The number of pyridine rings is 1. The molecule has 0 amide bonds. The van der Waals surface area contributed by atoms with Gasteiger partial charge in [-0.25, -0.2) is 14.4 Å². The smallest absolute Gasteiger partial charge is 0.341 e. The second kappa shape index (κ2) is 9.09. The molecule has 1 saturated heterocycles. The minimum atomic E-state index is -1.29. The van der Waals surface area contributed by atoms with E-state index in [1.54, 1.807) is 13.1 Å². The number of carboxylic acids is 2. The van der Waals surface area contributed by atoms with Crippen LogP contribution in [-0.4, -0.2) is 52.9 Å². The maximum absolute atomic E-state index is 11.6. The number of carbonyl (C=O) groups excluding carboxylic acids is 2. The van der Waals surface area contributed by atoms with Crippen LogP contribution in [-0.2, 0) is 28.6 Å². The summed E-state index contributed by atoms with van der Waals surface area (Å²) in [5.41, 5.74) is 0.0222. The quantitative estimate of drug-likeness (QED) is 0.380. The van der Waals surface area contributed by atoms with Gasteiger partial charge in [0.1, 0.15) is 18.3 Å². The first-order chi connectivity index (χ1) is 13.2. The molecule has 150 valence electrons. The highest BCUT2D eigenvalue weighted by Crippen LogP contribution is 2.33. The number of esters is 2. The van der Waals surface area contributed by atoms with E-state index in [0.717, 1.165) is 6.08 Å². The number of carboxylic acid groups (broad SMARTS) is 2. The number of aromatic nitrogens is 1. The summed E-state index contributed by atoms with van der Waals surface area (Å²) in [7, 11) is 0. The predicted molar refractivity (Wildman–Crippen MR) is 90.0 cm³/mol. The molecule has 10 heteroatoms. The van der Waals surface area contributed by atoms with Gasteiger partial charge >= 0.3 is 30.1 Å². The van der Waals surface area contributed by atoms with E-state index in [1.807, 2.05) is 0 Å². The van der Waals surface area contributed by atoms with Crippen LogP contribution in [0.4, 0.5) is 0 Å². The molecule has 0 radical (unpaired) electrons. The molecule has 0 saturated carbocycles. The third kappa shape index (κ3) is 5.36. The van der Waals surface area contributed by atoms with Gasteiger partial charge in [-0.1, -0.05) is 6.92 Å². The van der Waals surface area contributed by atoms with Crippen LogP contribution in [0.1, 0.15) is 30.4 Å². The Labute approximate surface area is 159 Å². The molecule has 0 aromatic carbocycles. The highest BCUT2D eigenvalue weighted by atomic mass is 16.6. The number of rotatable bonds is 7. The van der Waals surface area contributed by atoms with E-state index in [-0.39, 0.29) is 18.1 Å². The van der Waals surface area contributed by atoms with Gasteiger partial charge < -0.3 is 24.4 Å². The summed E-state index contributed by atoms with van der Waals surface area (Å²) in [5, 5.41) is 17.7. The summed E-state index contributed by atoms with van der Waals surface area (Å²) in [6.07, 6.45) is 2.12. The molecule has 0 unspecified atom stereocenters. The van der Waals surface area contributed by atoms with Crippen molar-refractivity contribution in [1.29, 1.82) is 0 Å². The normalized spacial score (nSPS) is 24.1. The minimum Gasteiger partial charge on any atom is -0.478 e. The van der Waals surface area contributed by atoms with Crippen LogP contribution < -0.4 is 4.57 Å². The second-order valence-corrected chi connectivity index (χ2v) is 6.14. The van der Waals surface area contributed by atoms with Crippen LogP contribution in [0.25, 0.3) is 0 Å². The van der Waals surface area contributed by atoms with Crippen molar-refractivity contribution in [1.82, 2.24) is 0 Å². The van der Waals surface area contributed by atoms with Gasteiger partial charge in [0.2, 0.25) is 0 Å². The summed E-state index contributed by atoms with van der Waals surface area (Å²) >= 11 is 0. The Balaban J connectivity index is 2.17. The van der Waals surface area contributed by atoms with E-state index in [4.69, 9.17) is 24.4 Å². The summed E-state index contributed by atoms with van der Waals surface area (Å²) < 4.78 is 17.7. The summed E-state index contributed by atoms with van der Waals surface area (Å²) in [6.45, 7) is 2.78. The van der Waals surface area contributed by atoms with Crippen LogP contribution in [0, 0.1) is 5.92 Å². The van der Waals surface area contributed by atoms with Crippen molar-refractivity contribution in [3.05, 3.63) is 42.2 Å². The van der Waals surface area contributed by atoms with Crippen molar-refractivity contribution >= 4 is 23.9 Å². The van der Waals surface area contributed by atoms with E-state index in [1.165, 1.54) is 29.8 Å². The molecular weight excluding hydrogens is 374 g/mol. The van der Waals surface area contributed by atoms with Gasteiger partial charge in [0, 0.05) is 31.1 Å². The zero-order valence-electron chi connectivity index (χ0n) is 15.2. The first-order valence-electron chi connectivity index (χ1n) is 8.33. The Morgan fingerprint density at radius 1 is 1.25 bits per heavy atom. The molecule has 10 nitrogen and oxygen atoms in total. The Bertz CT molecular complexity index is 804. The fraction of sp³-hybridized carbons (Fsp3) is 0.389. The first kappa shape index (κ1) is 21.0. The topological polar surface area (TPSA) is 140 Å². The fourth-order valence-electron chi connectivity index (χ4n) is 2.77. The number of carbonyl (C=O) groups is 4. The monoisotopic (exact) mass is 394 g/mol. The molecule has 0 spiro atoms. The van der Waals surface area contributed by atoms with Crippen molar-refractivity contribution < 1.29 is 48.2 Å². The van der Waals surface area contributed by atoms with Crippen LogP contribution in [0.5, 0.6) is 0 Å².